The Morgan fingerprint density at radius 3 is 2.57 bits per heavy atom. The molecular weight excluding hydrogens is 450 g/mol. The minimum atomic E-state index is -1.01. The van der Waals surface area contributed by atoms with Gasteiger partial charge in [-0.3, -0.25) is 24.1 Å². The molecule has 1 aliphatic carbocycles. The molecule has 0 bridgehead atoms. The van der Waals surface area contributed by atoms with E-state index >= 15 is 0 Å². The predicted octanol–water partition coefficient (Wildman–Crippen LogP) is 2.66. The van der Waals surface area contributed by atoms with Crippen molar-refractivity contribution >= 4 is 29.5 Å². The Bertz CT molecular complexity index is 919. The number of unbranched alkanes of at least 4 members (excludes halogenated alkanes) is 1. The van der Waals surface area contributed by atoms with Crippen LogP contribution >= 0.6 is 0 Å². The zero-order chi connectivity index (χ0) is 25.2. The van der Waals surface area contributed by atoms with E-state index in [2.05, 4.69) is 10.6 Å². The molecule has 2 fully saturated rings. The first kappa shape index (κ1) is 26.4. The average Bonchev–Trinajstić information content (AvgIpc) is 3.37. The van der Waals surface area contributed by atoms with Gasteiger partial charge >= 0.3 is 6.09 Å². The minimum Gasteiger partial charge on any atom is -0.445 e. The Balaban J connectivity index is 1.59. The fraction of sp³-hybridized carbons (Fsp3) is 0.577. The summed E-state index contributed by atoms with van der Waals surface area (Å²) in [6.45, 7) is 2.43. The third-order valence-electron chi connectivity index (χ3n) is 6.56. The van der Waals surface area contributed by atoms with Crippen LogP contribution in [-0.4, -0.2) is 59.0 Å². The molecule has 2 aliphatic rings. The molecule has 3 amide bonds. The molecular formula is C26H35N3O6. The number of carbonyl (C=O) groups is 5. The SMILES string of the molecule is CCCC[C@H](NC(=O)[C@@H]1CCCN1C(=O)OCc1ccccc1)C(=O)C(=O)N[C@H]1CCCCC1=O. The lowest BCUT2D eigenvalue weighted by Crippen LogP contribution is -2.55. The van der Waals surface area contributed by atoms with E-state index in [1.54, 1.807) is 0 Å². The fourth-order valence-corrected chi connectivity index (χ4v) is 4.53. The highest BCUT2D eigenvalue weighted by molar-refractivity contribution is 6.38. The monoisotopic (exact) mass is 485 g/mol. The van der Waals surface area contributed by atoms with Crippen LogP contribution in [0.3, 0.4) is 0 Å². The number of carbonyl (C=O) groups excluding carboxylic acids is 5. The first-order valence-electron chi connectivity index (χ1n) is 12.6. The Kier molecular flexibility index (Phi) is 9.81. The van der Waals surface area contributed by atoms with E-state index < -0.39 is 41.8 Å². The van der Waals surface area contributed by atoms with Crippen LogP contribution in [0.1, 0.15) is 70.3 Å². The maximum absolute atomic E-state index is 13.1. The second kappa shape index (κ2) is 13.0. The smallest absolute Gasteiger partial charge is 0.410 e. The first-order chi connectivity index (χ1) is 16.9. The zero-order valence-corrected chi connectivity index (χ0v) is 20.3. The summed E-state index contributed by atoms with van der Waals surface area (Å²) >= 11 is 0. The van der Waals surface area contributed by atoms with E-state index in [9.17, 15) is 24.0 Å². The van der Waals surface area contributed by atoms with Crippen LogP contribution in [0.25, 0.3) is 0 Å². The van der Waals surface area contributed by atoms with E-state index in [-0.39, 0.29) is 12.4 Å². The van der Waals surface area contributed by atoms with Crippen molar-refractivity contribution < 1.29 is 28.7 Å². The summed E-state index contributed by atoms with van der Waals surface area (Å²) in [5.41, 5.74) is 0.841. The molecule has 190 valence electrons. The van der Waals surface area contributed by atoms with Gasteiger partial charge in [-0.1, -0.05) is 56.5 Å². The molecule has 2 N–H and O–H groups in total. The molecule has 9 nitrogen and oxygen atoms in total. The largest absolute Gasteiger partial charge is 0.445 e. The van der Waals surface area contributed by atoms with Crippen LogP contribution in [0.2, 0.25) is 0 Å². The summed E-state index contributed by atoms with van der Waals surface area (Å²) in [5.74, 6) is -2.16. The summed E-state index contributed by atoms with van der Waals surface area (Å²) in [4.78, 5) is 64.7. The lowest BCUT2D eigenvalue weighted by Gasteiger charge is -2.26. The normalized spacial score (nSPS) is 20.7. The van der Waals surface area contributed by atoms with E-state index in [4.69, 9.17) is 4.74 Å². The number of hydrogen-bond donors (Lipinski definition) is 2. The molecule has 1 heterocycles. The van der Waals surface area contributed by atoms with Crippen molar-refractivity contribution in [3.63, 3.8) is 0 Å². The molecule has 3 rings (SSSR count). The van der Waals surface area contributed by atoms with Crippen molar-refractivity contribution in [2.45, 2.75) is 89.4 Å². The molecule has 0 spiro atoms. The fourth-order valence-electron chi connectivity index (χ4n) is 4.53. The molecule has 1 saturated carbocycles. The van der Waals surface area contributed by atoms with Crippen molar-refractivity contribution in [2.75, 3.05) is 6.54 Å². The standard InChI is InChI=1S/C26H35N3O6/c1-2-3-12-20(23(31)25(33)27-19-13-7-8-15-22(19)30)28-24(32)21-14-9-16-29(21)26(34)35-17-18-10-5-4-6-11-18/h4-6,10-11,19-21H,2-3,7-9,12-17H2,1H3,(H,27,33)(H,28,32)/t19-,20-,21-/m0/s1. The Morgan fingerprint density at radius 2 is 1.86 bits per heavy atom. The second-order valence-electron chi connectivity index (χ2n) is 9.20. The maximum Gasteiger partial charge on any atom is 0.410 e. The van der Waals surface area contributed by atoms with Gasteiger partial charge < -0.3 is 15.4 Å². The molecule has 35 heavy (non-hydrogen) atoms. The van der Waals surface area contributed by atoms with Gasteiger partial charge in [0, 0.05) is 13.0 Å². The van der Waals surface area contributed by atoms with Gasteiger partial charge in [-0.2, -0.15) is 0 Å². The van der Waals surface area contributed by atoms with Crippen LogP contribution in [0.4, 0.5) is 4.79 Å². The highest BCUT2D eigenvalue weighted by Crippen LogP contribution is 2.20. The Labute approximate surface area is 205 Å². The average molecular weight is 486 g/mol. The van der Waals surface area contributed by atoms with Gasteiger partial charge in [-0.25, -0.2) is 4.79 Å². The minimum absolute atomic E-state index is 0.0674. The Morgan fingerprint density at radius 1 is 1.09 bits per heavy atom. The van der Waals surface area contributed by atoms with Crippen molar-refractivity contribution in [1.82, 2.24) is 15.5 Å². The number of nitrogens with zero attached hydrogens (tertiary/aromatic N) is 1. The molecule has 1 aliphatic heterocycles. The summed E-state index contributed by atoms with van der Waals surface area (Å²) in [6, 6.07) is 6.84. The van der Waals surface area contributed by atoms with Gasteiger partial charge in [0.25, 0.3) is 5.91 Å². The summed E-state index contributed by atoms with van der Waals surface area (Å²) in [7, 11) is 0. The van der Waals surface area contributed by atoms with Crippen molar-refractivity contribution in [2.24, 2.45) is 0 Å². The van der Waals surface area contributed by atoms with Gasteiger partial charge in [-0.05, 0) is 37.7 Å². The van der Waals surface area contributed by atoms with Crippen LogP contribution in [0.5, 0.6) is 0 Å². The first-order valence-corrected chi connectivity index (χ1v) is 12.6. The van der Waals surface area contributed by atoms with Crippen LogP contribution in [-0.2, 0) is 30.5 Å². The molecule has 3 atom stereocenters. The number of benzene rings is 1. The quantitative estimate of drug-likeness (QED) is 0.492. The maximum atomic E-state index is 13.1. The zero-order valence-electron chi connectivity index (χ0n) is 20.3. The highest BCUT2D eigenvalue weighted by atomic mass is 16.6. The second-order valence-corrected chi connectivity index (χ2v) is 9.20. The lowest BCUT2D eigenvalue weighted by atomic mass is 9.93. The molecule has 1 aromatic rings. The molecule has 9 heteroatoms. The summed E-state index contributed by atoms with van der Waals surface area (Å²) in [5, 5.41) is 5.25. The predicted molar refractivity (Wildman–Crippen MR) is 128 cm³/mol. The van der Waals surface area contributed by atoms with Gasteiger partial charge in [0.1, 0.15) is 12.6 Å². The lowest BCUT2D eigenvalue weighted by molar-refractivity contribution is -0.142. The third-order valence-corrected chi connectivity index (χ3v) is 6.56. The number of rotatable bonds is 10. The number of amides is 3. The van der Waals surface area contributed by atoms with E-state index in [1.807, 2.05) is 37.3 Å². The van der Waals surface area contributed by atoms with E-state index in [0.29, 0.717) is 45.1 Å². The molecule has 0 radical (unpaired) electrons. The van der Waals surface area contributed by atoms with Gasteiger partial charge in [0.15, 0.2) is 5.78 Å². The van der Waals surface area contributed by atoms with Crippen molar-refractivity contribution in [3.8, 4) is 0 Å². The Hall–Kier alpha value is -3.23. The van der Waals surface area contributed by atoms with Crippen LogP contribution in [0.15, 0.2) is 30.3 Å². The van der Waals surface area contributed by atoms with Gasteiger partial charge in [-0.15, -0.1) is 0 Å². The number of likely N-dealkylation sites (tertiary alicyclic amines) is 1. The van der Waals surface area contributed by atoms with Crippen molar-refractivity contribution in [1.29, 1.82) is 0 Å². The molecule has 1 aromatic carbocycles. The molecule has 0 aromatic heterocycles. The number of hydrogen-bond acceptors (Lipinski definition) is 6. The van der Waals surface area contributed by atoms with E-state index in [1.165, 1.54) is 4.90 Å². The third kappa shape index (κ3) is 7.37. The van der Waals surface area contributed by atoms with Crippen LogP contribution in [0, 0.1) is 0 Å². The van der Waals surface area contributed by atoms with Gasteiger partial charge in [0.05, 0.1) is 12.1 Å². The van der Waals surface area contributed by atoms with E-state index in [0.717, 1.165) is 24.8 Å². The summed E-state index contributed by atoms with van der Waals surface area (Å²) in [6.07, 6.45) is 4.75. The summed E-state index contributed by atoms with van der Waals surface area (Å²) < 4.78 is 5.39. The van der Waals surface area contributed by atoms with Crippen LogP contribution < -0.4 is 10.6 Å². The molecule has 0 unspecified atom stereocenters. The van der Waals surface area contributed by atoms with Crippen molar-refractivity contribution in [3.05, 3.63) is 35.9 Å². The highest BCUT2D eigenvalue weighted by Gasteiger charge is 2.38. The number of ketones is 2. The number of Topliss-reactive ketones (excluding diaryl/α,β-unsaturated/α-hetero) is 2. The topological polar surface area (TPSA) is 122 Å². The number of ether oxygens (including phenoxy) is 1. The molecule has 1 saturated heterocycles. The number of nitrogens with one attached hydrogen (secondary N) is 2. The van der Waals surface area contributed by atoms with Gasteiger partial charge in [0.2, 0.25) is 11.7 Å².